The number of anilines is 2. The van der Waals surface area contributed by atoms with Gasteiger partial charge in [-0.1, -0.05) is 6.92 Å². The first-order valence-corrected chi connectivity index (χ1v) is 11.8. The Bertz CT molecular complexity index is 1220. The first kappa shape index (κ1) is 28.8. The molecule has 0 atom stereocenters. The summed E-state index contributed by atoms with van der Waals surface area (Å²) >= 11 is 0. The lowest BCUT2D eigenvalue weighted by Crippen LogP contribution is -2.46. The van der Waals surface area contributed by atoms with E-state index in [1.807, 2.05) is 4.90 Å². The molecule has 0 radical (unpaired) electrons. The van der Waals surface area contributed by atoms with Gasteiger partial charge in [0.1, 0.15) is 0 Å². The van der Waals surface area contributed by atoms with E-state index < -0.39 is 44.7 Å². The molecule has 1 aliphatic rings. The minimum absolute atomic E-state index is 0.0691. The van der Waals surface area contributed by atoms with Gasteiger partial charge in [0, 0.05) is 26.2 Å². The number of piperazine rings is 1. The number of hydrogen-bond donors (Lipinski definition) is 3. The third-order valence-corrected chi connectivity index (χ3v) is 6.46. The predicted molar refractivity (Wildman–Crippen MR) is 119 cm³/mol. The molecule has 2 aromatic carbocycles. The maximum atomic E-state index is 13.5. The quantitative estimate of drug-likeness (QED) is 0.478. The Morgan fingerprint density at radius 2 is 1.56 bits per heavy atom. The smallest absolute Gasteiger partial charge is 0.478 e. The number of sulfonamides is 1. The van der Waals surface area contributed by atoms with Crippen LogP contribution in [0.15, 0.2) is 41.3 Å². The van der Waals surface area contributed by atoms with Gasteiger partial charge >= 0.3 is 18.1 Å². The maximum Gasteiger partial charge on any atom is 0.490 e. The Balaban J connectivity index is 0.000000572. The van der Waals surface area contributed by atoms with Crippen molar-refractivity contribution in [1.29, 1.82) is 0 Å². The Hall–Kier alpha value is -3.46. The van der Waals surface area contributed by atoms with Crippen molar-refractivity contribution in [3.05, 3.63) is 53.6 Å². The number of alkyl halides is 3. The molecule has 198 valence electrons. The number of carbonyl (C=O) groups is 2. The number of aliphatic carboxylic acids is 1. The van der Waals surface area contributed by atoms with Crippen LogP contribution < -0.4 is 9.62 Å². The van der Waals surface area contributed by atoms with Crippen LogP contribution in [0.4, 0.5) is 33.3 Å². The Kier molecular flexibility index (Phi) is 9.21. The van der Waals surface area contributed by atoms with Crippen molar-refractivity contribution in [2.24, 2.45) is 0 Å². The van der Waals surface area contributed by atoms with Crippen molar-refractivity contribution in [3.8, 4) is 0 Å². The van der Waals surface area contributed by atoms with E-state index in [2.05, 4.69) is 16.5 Å². The number of nitrogens with one attached hydrogen (secondary N) is 1. The van der Waals surface area contributed by atoms with Crippen LogP contribution >= 0.6 is 0 Å². The van der Waals surface area contributed by atoms with Gasteiger partial charge in [0.05, 0.1) is 21.8 Å². The van der Waals surface area contributed by atoms with Gasteiger partial charge in [-0.05, 0) is 42.9 Å². The van der Waals surface area contributed by atoms with E-state index in [1.54, 1.807) is 6.07 Å². The van der Waals surface area contributed by atoms with Crippen LogP contribution in [-0.2, 0) is 14.8 Å². The number of rotatable bonds is 6. The van der Waals surface area contributed by atoms with Crippen LogP contribution in [0.5, 0.6) is 0 Å². The third-order valence-electron chi connectivity index (χ3n) is 5.09. The molecule has 1 aliphatic heterocycles. The maximum absolute atomic E-state index is 13.5. The van der Waals surface area contributed by atoms with Crippen molar-refractivity contribution in [2.75, 3.05) is 42.3 Å². The largest absolute Gasteiger partial charge is 0.490 e. The molecule has 15 heteroatoms. The first-order chi connectivity index (χ1) is 16.7. The van der Waals surface area contributed by atoms with E-state index >= 15 is 0 Å². The van der Waals surface area contributed by atoms with Gasteiger partial charge in [0.25, 0.3) is 10.0 Å². The second-order valence-corrected chi connectivity index (χ2v) is 9.13. The van der Waals surface area contributed by atoms with E-state index in [9.17, 15) is 40.3 Å². The molecule has 1 saturated heterocycles. The summed E-state index contributed by atoms with van der Waals surface area (Å²) in [7, 11) is -4.26. The minimum Gasteiger partial charge on any atom is -0.478 e. The molecule has 36 heavy (non-hydrogen) atoms. The molecule has 1 heterocycles. The Morgan fingerprint density at radius 1 is 0.972 bits per heavy atom. The first-order valence-electron chi connectivity index (χ1n) is 10.3. The summed E-state index contributed by atoms with van der Waals surface area (Å²) in [4.78, 5) is 24.0. The second kappa shape index (κ2) is 11.5. The molecule has 2 aromatic rings. The van der Waals surface area contributed by atoms with Crippen molar-refractivity contribution >= 4 is 33.3 Å². The molecular weight excluding hydrogens is 517 g/mol. The summed E-state index contributed by atoms with van der Waals surface area (Å²) < 4.78 is 86.1. The zero-order chi connectivity index (χ0) is 27.3. The van der Waals surface area contributed by atoms with Crippen LogP contribution in [0.25, 0.3) is 0 Å². The highest BCUT2D eigenvalue weighted by atomic mass is 32.2. The SMILES string of the molecule is CCN1CCN(c2ccc(C(=O)O)cc2NS(=O)(=O)c2ccc(F)c(F)c2)CC1.O=C(O)C(F)(F)F. The van der Waals surface area contributed by atoms with Gasteiger partial charge in [-0.25, -0.2) is 26.8 Å². The summed E-state index contributed by atoms with van der Waals surface area (Å²) in [5.74, 6) is -6.41. The molecule has 9 nitrogen and oxygen atoms in total. The highest BCUT2D eigenvalue weighted by Crippen LogP contribution is 2.31. The number of halogens is 5. The minimum atomic E-state index is -5.08. The lowest BCUT2D eigenvalue weighted by atomic mass is 10.1. The second-order valence-electron chi connectivity index (χ2n) is 7.44. The molecule has 3 rings (SSSR count). The van der Waals surface area contributed by atoms with Crippen LogP contribution in [0.3, 0.4) is 0 Å². The number of hydrogen-bond acceptors (Lipinski definition) is 6. The normalized spacial score (nSPS) is 14.6. The average molecular weight is 539 g/mol. The average Bonchev–Trinajstić information content (AvgIpc) is 2.80. The number of carboxylic acid groups (broad SMARTS) is 2. The molecular formula is C21H22F5N3O6S. The number of carboxylic acids is 2. The molecule has 3 N–H and O–H groups in total. The number of benzene rings is 2. The molecule has 0 aromatic heterocycles. The monoisotopic (exact) mass is 539 g/mol. The molecule has 1 fully saturated rings. The van der Waals surface area contributed by atoms with Gasteiger partial charge in [0.2, 0.25) is 0 Å². The van der Waals surface area contributed by atoms with Gasteiger partial charge in [-0.2, -0.15) is 13.2 Å². The summed E-state index contributed by atoms with van der Waals surface area (Å²) in [5, 5.41) is 16.4. The summed E-state index contributed by atoms with van der Waals surface area (Å²) in [6.45, 7) is 5.81. The van der Waals surface area contributed by atoms with Crippen LogP contribution in [0.1, 0.15) is 17.3 Å². The highest BCUT2D eigenvalue weighted by Gasteiger charge is 2.38. The molecule has 0 unspecified atom stereocenters. The van der Waals surface area contributed by atoms with E-state index in [4.69, 9.17) is 9.90 Å². The fourth-order valence-corrected chi connectivity index (χ4v) is 4.26. The van der Waals surface area contributed by atoms with Crippen molar-refractivity contribution < 1.29 is 50.2 Å². The van der Waals surface area contributed by atoms with E-state index in [0.29, 0.717) is 24.8 Å². The molecule has 0 aliphatic carbocycles. The molecule has 0 saturated carbocycles. The van der Waals surface area contributed by atoms with Crippen LogP contribution in [0.2, 0.25) is 0 Å². The van der Waals surface area contributed by atoms with E-state index in [0.717, 1.165) is 31.8 Å². The van der Waals surface area contributed by atoms with Gasteiger partial charge < -0.3 is 20.0 Å². The summed E-state index contributed by atoms with van der Waals surface area (Å²) in [6, 6.07) is 6.43. The predicted octanol–water partition coefficient (Wildman–Crippen LogP) is 3.24. The molecule has 0 amide bonds. The molecule has 0 spiro atoms. The lowest BCUT2D eigenvalue weighted by molar-refractivity contribution is -0.192. The van der Waals surface area contributed by atoms with Crippen molar-refractivity contribution in [3.63, 3.8) is 0 Å². The lowest BCUT2D eigenvalue weighted by Gasteiger charge is -2.36. The van der Waals surface area contributed by atoms with Gasteiger partial charge in [0.15, 0.2) is 11.6 Å². The Labute approximate surface area is 202 Å². The molecule has 0 bridgehead atoms. The van der Waals surface area contributed by atoms with Crippen molar-refractivity contribution in [1.82, 2.24) is 4.90 Å². The van der Waals surface area contributed by atoms with Crippen LogP contribution in [-0.4, -0.2) is 74.4 Å². The standard InChI is InChI=1S/C19H21F2N3O4S.C2HF3O2/c1-2-23-7-9-24(10-8-23)18-6-3-13(19(25)26)11-17(18)22-29(27,28)14-4-5-15(20)16(21)12-14;3-2(4,5)1(6)7/h3-6,11-12,22H,2,7-10H2,1H3,(H,25,26);(H,6,7). The van der Waals surface area contributed by atoms with Gasteiger partial charge in [-0.15, -0.1) is 0 Å². The summed E-state index contributed by atoms with van der Waals surface area (Å²) in [5.41, 5.74) is 0.500. The zero-order valence-electron chi connectivity index (χ0n) is 18.7. The number of likely N-dealkylation sites (N-methyl/N-ethyl adjacent to an activating group) is 1. The third kappa shape index (κ3) is 7.52. The fourth-order valence-electron chi connectivity index (χ4n) is 3.18. The zero-order valence-corrected chi connectivity index (χ0v) is 19.5. The van der Waals surface area contributed by atoms with E-state index in [-0.39, 0.29) is 11.3 Å². The van der Waals surface area contributed by atoms with Crippen molar-refractivity contribution in [2.45, 2.75) is 18.0 Å². The fraction of sp³-hybridized carbons (Fsp3) is 0.333. The van der Waals surface area contributed by atoms with Gasteiger partial charge in [-0.3, -0.25) is 4.72 Å². The Morgan fingerprint density at radius 3 is 2.03 bits per heavy atom. The van der Waals surface area contributed by atoms with E-state index in [1.165, 1.54) is 12.1 Å². The number of nitrogens with zero attached hydrogens (tertiary/aromatic N) is 2. The topological polar surface area (TPSA) is 127 Å². The summed E-state index contributed by atoms with van der Waals surface area (Å²) in [6.07, 6.45) is -5.08. The van der Waals surface area contributed by atoms with Crippen LogP contribution in [0, 0.1) is 11.6 Å². The highest BCUT2D eigenvalue weighted by molar-refractivity contribution is 7.92. The number of aromatic carboxylic acids is 1.